The number of aromatic nitrogens is 4. The Balaban J connectivity index is 1.37. The lowest BCUT2D eigenvalue weighted by molar-refractivity contribution is 0.105. The summed E-state index contributed by atoms with van der Waals surface area (Å²) in [4.78, 5) is 12.3. The number of unbranched alkanes of at least 4 members (excludes halogenated alkanes) is 12. The Bertz CT molecular complexity index is 779. The number of nitrogens with two attached hydrogens (primary N) is 1. The summed E-state index contributed by atoms with van der Waals surface area (Å²) in [6.45, 7) is 2.28. The van der Waals surface area contributed by atoms with Gasteiger partial charge in [0.05, 0.1) is 6.33 Å². The second-order valence-corrected chi connectivity index (χ2v) is 10.1. The summed E-state index contributed by atoms with van der Waals surface area (Å²) in [5.74, 6) is 2.43. The minimum Gasteiger partial charge on any atom is -0.382 e. The first kappa shape index (κ1) is 27.6. The number of allylic oxidation sites excluding steroid dienone is 2. The lowest BCUT2D eigenvalue weighted by Gasteiger charge is -2.12. The molecular formula is C26H45N5OS. The highest BCUT2D eigenvalue weighted by atomic mass is 32.2. The molecule has 3 N–H and O–H groups in total. The molecule has 6 nitrogen and oxygen atoms in total. The van der Waals surface area contributed by atoms with Crippen LogP contribution in [0.15, 0.2) is 24.8 Å². The van der Waals surface area contributed by atoms with Gasteiger partial charge >= 0.3 is 0 Å². The molecule has 0 aliphatic carbocycles. The average molecular weight is 476 g/mol. The molecule has 0 amide bonds. The van der Waals surface area contributed by atoms with E-state index in [0.717, 1.165) is 11.5 Å². The Kier molecular flexibility index (Phi) is 14.9. The molecule has 2 aromatic rings. The van der Waals surface area contributed by atoms with E-state index in [1.54, 1.807) is 10.9 Å². The molecule has 7 heteroatoms. The number of thioether (sulfide) groups is 1. The zero-order valence-corrected chi connectivity index (χ0v) is 21.4. The van der Waals surface area contributed by atoms with Crippen molar-refractivity contribution in [3.63, 3.8) is 0 Å². The van der Waals surface area contributed by atoms with Gasteiger partial charge in [0.15, 0.2) is 11.5 Å². The van der Waals surface area contributed by atoms with E-state index in [1.807, 2.05) is 11.8 Å². The summed E-state index contributed by atoms with van der Waals surface area (Å²) in [5.41, 5.74) is 6.95. The third-order valence-electron chi connectivity index (χ3n) is 6.03. The largest absolute Gasteiger partial charge is 0.382 e. The molecular weight excluding hydrogens is 430 g/mol. The van der Waals surface area contributed by atoms with Crippen molar-refractivity contribution in [2.75, 3.05) is 17.2 Å². The minimum absolute atomic E-state index is 0.347. The zero-order chi connectivity index (χ0) is 23.6. The standard InChI is InChI=1S/C26H45N5OS/c1-2-3-4-5-6-7-8-9-10-11-12-13-14-15-16-17-19-33-20-18-23(32)31-22-30-24-25(27)28-21-29-26(24)31/h9-10,21-23,32H,2-8,11-20H2,1H3,(H2,27,28,29)/b10-9-. The van der Waals surface area contributed by atoms with Crippen LogP contribution >= 0.6 is 11.8 Å². The first-order valence-corrected chi connectivity index (χ1v) is 14.2. The van der Waals surface area contributed by atoms with E-state index in [4.69, 9.17) is 5.73 Å². The maximum Gasteiger partial charge on any atom is 0.167 e. The van der Waals surface area contributed by atoms with E-state index in [0.29, 0.717) is 23.4 Å². The molecule has 2 aromatic heterocycles. The van der Waals surface area contributed by atoms with Gasteiger partial charge in [-0.05, 0) is 43.6 Å². The Morgan fingerprint density at radius 3 is 2.21 bits per heavy atom. The highest BCUT2D eigenvalue weighted by Gasteiger charge is 2.13. The molecule has 33 heavy (non-hydrogen) atoms. The molecule has 0 fully saturated rings. The van der Waals surface area contributed by atoms with Crippen molar-refractivity contribution < 1.29 is 5.11 Å². The predicted octanol–water partition coefficient (Wildman–Crippen LogP) is 7.06. The summed E-state index contributed by atoms with van der Waals surface area (Å²) in [5, 5.41) is 10.4. The molecule has 0 bridgehead atoms. The van der Waals surface area contributed by atoms with E-state index in [-0.39, 0.29) is 0 Å². The van der Waals surface area contributed by atoms with Crippen molar-refractivity contribution in [3.8, 4) is 0 Å². The Morgan fingerprint density at radius 1 is 0.879 bits per heavy atom. The Morgan fingerprint density at radius 2 is 1.52 bits per heavy atom. The maximum atomic E-state index is 10.4. The maximum absolute atomic E-state index is 10.4. The van der Waals surface area contributed by atoms with Crippen LogP contribution in [-0.4, -0.2) is 36.1 Å². The number of aliphatic hydroxyl groups is 1. The molecule has 2 heterocycles. The van der Waals surface area contributed by atoms with Gasteiger partial charge in [-0.1, -0.05) is 76.9 Å². The van der Waals surface area contributed by atoms with E-state index in [9.17, 15) is 5.11 Å². The predicted molar refractivity (Wildman–Crippen MR) is 142 cm³/mol. The van der Waals surface area contributed by atoms with Gasteiger partial charge in [-0.2, -0.15) is 11.8 Å². The first-order chi connectivity index (χ1) is 16.2. The fourth-order valence-electron chi connectivity index (χ4n) is 3.97. The zero-order valence-electron chi connectivity index (χ0n) is 20.6. The van der Waals surface area contributed by atoms with Crippen LogP contribution in [0.1, 0.15) is 109 Å². The van der Waals surface area contributed by atoms with Crippen molar-refractivity contribution in [1.82, 2.24) is 19.5 Å². The van der Waals surface area contributed by atoms with Crippen LogP contribution in [0.5, 0.6) is 0 Å². The molecule has 0 aromatic carbocycles. The average Bonchev–Trinajstić information content (AvgIpc) is 3.26. The van der Waals surface area contributed by atoms with Crippen molar-refractivity contribution in [2.45, 2.75) is 109 Å². The van der Waals surface area contributed by atoms with E-state index >= 15 is 0 Å². The van der Waals surface area contributed by atoms with Crippen LogP contribution in [-0.2, 0) is 0 Å². The van der Waals surface area contributed by atoms with Crippen molar-refractivity contribution in [2.24, 2.45) is 0 Å². The molecule has 0 radical (unpaired) electrons. The molecule has 0 aliphatic rings. The molecule has 1 unspecified atom stereocenters. The number of hydrogen-bond donors (Lipinski definition) is 2. The Hall–Kier alpha value is -1.60. The minimum atomic E-state index is -0.628. The van der Waals surface area contributed by atoms with Gasteiger partial charge in [-0.3, -0.25) is 4.57 Å². The van der Waals surface area contributed by atoms with Gasteiger partial charge in [0.1, 0.15) is 18.1 Å². The summed E-state index contributed by atoms with van der Waals surface area (Å²) < 4.78 is 1.68. The lowest BCUT2D eigenvalue weighted by Crippen LogP contribution is -2.09. The van der Waals surface area contributed by atoms with Crippen molar-refractivity contribution in [1.29, 1.82) is 0 Å². The number of aliphatic hydroxyl groups excluding tert-OH is 1. The molecule has 0 saturated carbocycles. The van der Waals surface area contributed by atoms with Gasteiger partial charge in [0, 0.05) is 6.42 Å². The number of hydrogen-bond acceptors (Lipinski definition) is 6. The fourth-order valence-corrected chi connectivity index (χ4v) is 4.96. The first-order valence-electron chi connectivity index (χ1n) is 13.1. The highest BCUT2D eigenvalue weighted by Crippen LogP contribution is 2.21. The molecule has 0 saturated heterocycles. The van der Waals surface area contributed by atoms with Crippen LogP contribution in [0.4, 0.5) is 5.82 Å². The molecule has 0 aliphatic heterocycles. The monoisotopic (exact) mass is 475 g/mol. The SMILES string of the molecule is CCCCCCCC/C=C\CCCCCCCCSCCC(O)n1cnc2c(N)ncnc21. The van der Waals surface area contributed by atoms with Gasteiger partial charge in [0.25, 0.3) is 0 Å². The normalized spacial score (nSPS) is 12.8. The summed E-state index contributed by atoms with van der Waals surface area (Å²) >= 11 is 1.91. The molecule has 2 rings (SSSR count). The van der Waals surface area contributed by atoms with E-state index in [2.05, 4.69) is 34.0 Å². The highest BCUT2D eigenvalue weighted by molar-refractivity contribution is 7.99. The van der Waals surface area contributed by atoms with Crippen LogP contribution in [0.3, 0.4) is 0 Å². The second-order valence-electron chi connectivity index (χ2n) is 8.90. The fraction of sp³-hybridized carbons (Fsp3) is 0.731. The van der Waals surface area contributed by atoms with E-state index in [1.165, 1.54) is 96.2 Å². The van der Waals surface area contributed by atoms with Gasteiger partial charge in [-0.15, -0.1) is 0 Å². The van der Waals surface area contributed by atoms with Crippen molar-refractivity contribution in [3.05, 3.63) is 24.8 Å². The van der Waals surface area contributed by atoms with Crippen LogP contribution in [0.2, 0.25) is 0 Å². The lowest BCUT2D eigenvalue weighted by atomic mass is 10.1. The summed E-state index contributed by atoms with van der Waals surface area (Å²) in [6.07, 6.45) is 26.6. The van der Waals surface area contributed by atoms with Gasteiger partial charge in [0.2, 0.25) is 0 Å². The summed E-state index contributed by atoms with van der Waals surface area (Å²) in [7, 11) is 0. The number of nitrogens with zero attached hydrogens (tertiary/aromatic N) is 4. The van der Waals surface area contributed by atoms with Crippen LogP contribution < -0.4 is 5.73 Å². The quantitative estimate of drug-likeness (QED) is 0.157. The number of anilines is 1. The summed E-state index contributed by atoms with van der Waals surface area (Å²) in [6, 6.07) is 0. The second kappa shape index (κ2) is 17.8. The smallest absolute Gasteiger partial charge is 0.167 e. The Labute approximate surface area is 204 Å². The topological polar surface area (TPSA) is 89.8 Å². The van der Waals surface area contributed by atoms with Crippen molar-refractivity contribution >= 4 is 28.7 Å². The number of nitrogen functional groups attached to an aromatic ring is 1. The number of imidazole rings is 1. The number of fused-ring (bicyclic) bond motifs is 1. The number of rotatable bonds is 20. The third kappa shape index (κ3) is 11.4. The molecule has 0 spiro atoms. The van der Waals surface area contributed by atoms with Crippen LogP contribution in [0.25, 0.3) is 11.2 Å². The van der Waals surface area contributed by atoms with Gasteiger partial charge < -0.3 is 10.8 Å². The van der Waals surface area contributed by atoms with Gasteiger partial charge in [-0.25, -0.2) is 15.0 Å². The molecule has 1 atom stereocenters. The molecule has 186 valence electrons. The van der Waals surface area contributed by atoms with E-state index < -0.39 is 6.23 Å². The van der Waals surface area contributed by atoms with Crippen LogP contribution in [0, 0.1) is 0 Å². The third-order valence-corrected chi connectivity index (χ3v) is 7.13.